The van der Waals surface area contributed by atoms with Crippen LogP contribution in [0.1, 0.15) is 19.8 Å². The van der Waals surface area contributed by atoms with E-state index in [0.29, 0.717) is 23.5 Å². The van der Waals surface area contributed by atoms with Crippen LogP contribution >= 0.6 is 0 Å². The largest absolute Gasteiger partial charge is 0.386 e. The van der Waals surface area contributed by atoms with Crippen molar-refractivity contribution >= 4 is 33.0 Å². The summed E-state index contributed by atoms with van der Waals surface area (Å²) in [5.41, 5.74) is 1.67. The fraction of sp³-hybridized carbons (Fsp3) is 0.278. The lowest BCUT2D eigenvalue weighted by atomic mass is 10.2. The van der Waals surface area contributed by atoms with Gasteiger partial charge in [0.15, 0.2) is 0 Å². The molecule has 2 rings (SSSR count). The second-order valence-electron chi connectivity index (χ2n) is 5.56. The number of nitrogens with one attached hydrogen (secondary N) is 2. The van der Waals surface area contributed by atoms with E-state index < -0.39 is 10.0 Å². The molecule has 7 heteroatoms. The van der Waals surface area contributed by atoms with Gasteiger partial charge < -0.3 is 10.6 Å². The normalized spacial score (nSPS) is 11.0. The number of benzene rings is 2. The van der Waals surface area contributed by atoms with Crippen LogP contribution in [0.25, 0.3) is 0 Å². The highest BCUT2D eigenvalue weighted by molar-refractivity contribution is 7.92. The summed E-state index contributed by atoms with van der Waals surface area (Å²) in [4.78, 5) is 12.0. The highest BCUT2D eigenvalue weighted by Crippen LogP contribution is 2.28. The Morgan fingerprint density at radius 1 is 1.08 bits per heavy atom. The van der Waals surface area contributed by atoms with Crippen molar-refractivity contribution < 1.29 is 13.2 Å². The number of carbonyl (C=O) groups excluding carboxylic acids is 1. The van der Waals surface area contributed by atoms with Gasteiger partial charge in [-0.3, -0.25) is 9.10 Å². The topological polar surface area (TPSA) is 78.5 Å². The molecule has 134 valence electrons. The van der Waals surface area contributed by atoms with E-state index >= 15 is 0 Å². The molecule has 0 bridgehead atoms. The predicted octanol–water partition coefficient (Wildman–Crippen LogP) is 3.29. The molecule has 25 heavy (non-hydrogen) atoms. The van der Waals surface area contributed by atoms with Crippen LogP contribution in [0.2, 0.25) is 0 Å². The van der Waals surface area contributed by atoms with Crippen molar-refractivity contribution in [3.8, 4) is 0 Å². The van der Waals surface area contributed by atoms with E-state index in [1.807, 2.05) is 13.0 Å². The van der Waals surface area contributed by atoms with Gasteiger partial charge in [0.1, 0.15) is 0 Å². The Labute approximate surface area is 148 Å². The van der Waals surface area contributed by atoms with E-state index in [-0.39, 0.29) is 10.8 Å². The Hall–Kier alpha value is -2.54. The third-order valence-electron chi connectivity index (χ3n) is 3.79. The highest BCUT2D eigenvalue weighted by Gasteiger charge is 2.22. The molecule has 0 aliphatic heterocycles. The number of para-hydroxylation sites is 1. The maximum atomic E-state index is 12.9. The lowest BCUT2D eigenvalue weighted by Crippen LogP contribution is -2.26. The van der Waals surface area contributed by atoms with Crippen LogP contribution in [0, 0.1) is 0 Å². The summed E-state index contributed by atoms with van der Waals surface area (Å²) in [5, 5.41) is 5.73. The number of anilines is 3. The van der Waals surface area contributed by atoms with Crippen molar-refractivity contribution in [2.24, 2.45) is 0 Å². The van der Waals surface area contributed by atoms with Gasteiger partial charge in [-0.1, -0.05) is 25.1 Å². The van der Waals surface area contributed by atoms with Gasteiger partial charge >= 0.3 is 0 Å². The van der Waals surface area contributed by atoms with Gasteiger partial charge in [0.2, 0.25) is 5.91 Å². The third-order valence-corrected chi connectivity index (χ3v) is 5.57. The number of nitrogens with zero attached hydrogens (tertiary/aromatic N) is 1. The van der Waals surface area contributed by atoms with Gasteiger partial charge in [0.05, 0.1) is 22.0 Å². The zero-order valence-electron chi connectivity index (χ0n) is 14.6. The highest BCUT2D eigenvalue weighted by atomic mass is 32.2. The van der Waals surface area contributed by atoms with Gasteiger partial charge in [-0.15, -0.1) is 0 Å². The Balaban J connectivity index is 2.39. The molecule has 2 N–H and O–H groups in total. The molecule has 0 aliphatic rings. The number of amides is 1. The van der Waals surface area contributed by atoms with E-state index in [9.17, 15) is 13.2 Å². The summed E-state index contributed by atoms with van der Waals surface area (Å²) in [5.74, 6) is -0.148. The molecule has 0 saturated heterocycles. The van der Waals surface area contributed by atoms with Crippen molar-refractivity contribution in [3.63, 3.8) is 0 Å². The van der Waals surface area contributed by atoms with Crippen LogP contribution in [0.3, 0.4) is 0 Å². The van der Waals surface area contributed by atoms with Crippen LogP contribution in [0.4, 0.5) is 17.1 Å². The smallest absolute Gasteiger partial charge is 0.264 e. The Bertz CT molecular complexity index is 836. The average molecular weight is 361 g/mol. The van der Waals surface area contributed by atoms with Crippen LogP contribution < -0.4 is 14.9 Å². The van der Waals surface area contributed by atoms with E-state index in [2.05, 4.69) is 10.6 Å². The zero-order valence-corrected chi connectivity index (χ0v) is 15.4. The Morgan fingerprint density at radius 3 is 2.36 bits per heavy atom. The molecule has 0 aromatic heterocycles. The standard InChI is InChI=1S/C18H23N3O3S/c1-4-8-18(22)20-17-13-15(11-12-16(17)19-2)25(23,24)21(3)14-9-6-5-7-10-14/h5-7,9-13,19H,4,8H2,1-3H3,(H,20,22). The first-order valence-electron chi connectivity index (χ1n) is 8.05. The summed E-state index contributed by atoms with van der Waals surface area (Å²) in [6.07, 6.45) is 1.10. The summed E-state index contributed by atoms with van der Waals surface area (Å²) in [6, 6.07) is 13.5. The number of rotatable bonds is 7. The van der Waals surface area contributed by atoms with Gasteiger partial charge in [-0.2, -0.15) is 0 Å². The van der Waals surface area contributed by atoms with Crippen molar-refractivity contribution in [2.45, 2.75) is 24.7 Å². The van der Waals surface area contributed by atoms with Crippen LogP contribution in [0.15, 0.2) is 53.4 Å². The summed E-state index contributed by atoms with van der Waals surface area (Å²) in [7, 11) is -0.510. The predicted molar refractivity (Wildman–Crippen MR) is 102 cm³/mol. The molecule has 0 aliphatic carbocycles. The molecule has 1 amide bonds. The first kappa shape index (κ1) is 18.8. The number of hydrogen-bond acceptors (Lipinski definition) is 4. The SMILES string of the molecule is CCCC(=O)Nc1cc(S(=O)(=O)N(C)c2ccccc2)ccc1NC. The minimum atomic E-state index is -3.73. The van der Waals surface area contributed by atoms with E-state index in [1.54, 1.807) is 37.4 Å². The number of carbonyl (C=O) groups is 1. The maximum absolute atomic E-state index is 12.9. The summed E-state index contributed by atoms with van der Waals surface area (Å²) >= 11 is 0. The van der Waals surface area contributed by atoms with Crippen molar-refractivity contribution in [2.75, 3.05) is 29.0 Å². The molecular weight excluding hydrogens is 338 g/mol. The maximum Gasteiger partial charge on any atom is 0.264 e. The Kier molecular flexibility index (Phi) is 6.03. The number of hydrogen-bond donors (Lipinski definition) is 2. The van der Waals surface area contributed by atoms with Crippen LogP contribution in [-0.2, 0) is 14.8 Å². The van der Waals surface area contributed by atoms with Crippen molar-refractivity contribution in [1.82, 2.24) is 0 Å². The monoisotopic (exact) mass is 361 g/mol. The summed E-state index contributed by atoms with van der Waals surface area (Å²) < 4.78 is 27.0. The van der Waals surface area contributed by atoms with Gasteiger partial charge in [-0.05, 0) is 36.8 Å². The molecule has 2 aromatic rings. The van der Waals surface area contributed by atoms with E-state index in [4.69, 9.17) is 0 Å². The van der Waals surface area contributed by atoms with Crippen molar-refractivity contribution in [3.05, 3.63) is 48.5 Å². The van der Waals surface area contributed by atoms with Crippen LogP contribution in [0.5, 0.6) is 0 Å². The third kappa shape index (κ3) is 4.30. The summed E-state index contributed by atoms with van der Waals surface area (Å²) in [6.45, 7) is 1.91. The minimum absolute atomic E-state index is 0.115. The first-order chi connectivity index (χ1) is 11.9. The molecular formula is C18H23N3O3S. The fourth-order valence-corrected chi connectivity index (χ4v) is 3.60. The number of sulfonamides is 1. The molecule has 0 heterocycles. The van der Waals surface area contributed by atoms with Gasteiger partial charge in [0.25, 0.3) is 10.0 Å². The lowest BCUT2D eigenvalue weighted by Gasteiger charge is -2.20. The minimum Gasteiger partial charge on any atom is -0.386 e. The first-order valence-corrected chi connectivity index (χ1v) is 9.49. The second kappa shape index (κ2) is 8.02. The van der Waals surface area contributed by atoms with Gasteiger partial charge in [-0.25, -0.2) is 8.42 Å². The van der Waals surface area contributed by atoms with Gasteiger partial charge in [0, 0.05) is 20.5 Å². The molecule has 2 aromatic carbocycles. The fourth-order valence-electron chi connectivity index (χ4n) is 2.38. The van der Waals surface area contributed by atoms with Crippen molar-refractivity contribution in [1.29, 1.82) is 0 Å². The molecule has 0 spiro atoms. The van der Waals surface area contributed by atoms with Crippen LogP contribution in [-0.4, -0.2) is 28.4 Å². The van der Waals surface area contributed by atoms with E-state index in [0.717, 1.165) is 6.42 Å². The quantitative estimate of drug-likeness (QED) is 0.793. The molecule has 0 atom stereocenters. The second-order valence-corrected chi connectivity index (χ2v) is 7.53. The molecule has 0 unspecified atom stereocenters. The molecule has 0 fully saturated rings. The zero-order chi connectivity index (χ0) is 18.4. The molecule has 0 radical (unpaired) electrons. The van der Waals surface area contributed by atoms with E-state index in [1.165, 1.54) is 23.5 Å². The average Bonchev–Trinajstić information content (AvgIpc) is 2.61. The lowest BCUT2D eigenvalue weighted by molar-refractivity contribution is -0.116. The molecule has 6 nitrogen and oxygen atoms in total. The Morgan fingerprint density at radius 2 is 1.76 bits per heavy atom. The molecule has 0 saturated carbocycles.